The van der Waals surface area contributed by atoms with Crippen molar-refractivity contribution in [2.45, 2.75) is 58.0 Å². The summed E-state index contributed by atoms with van der Waals surface area (Å²) in [6, 6.07) is 0.103. The van der Waals surface area contributed by atoms with Gasteiger partial charge < -0.3 is 20.2 Å². The average Bonchev–Trinajstić information content (AvgIpc) is 3.31. The van der Waals surface area contributed by atoms with Gasteiger partial charge in [-0.25, -0.2) is 0 Å². The van der Waals surface area contributed by atoms with E-state index in [2.05, 4.69) is 10.4 Å². The molecule has 0 bridgehead atoms. The minimum Gasteiger partial charge on any atom is -0.383 e. The number of hydrogen-bond donors (Lipinski definition) is 2. The van der Waals surface area contributed by atoms with Crippen LogP contribution in [-0.4, -0.2) is 66.6 Å². The molecule has 1 aliphatic carbocycles. The largest absolute Gasteiger partial charge is 0.383 e. The van der Waals surface area contributed by atoms with Crippen molar-refractivity contribution in [1.82, 2.24) is 15.3 Å². The van der Waals surface area contributed by atoms with Gasteiger partial charge in [0.1, 0.15) is 11.7 Å². The summed E-state index contributed by atoms with van der Waals surface area (Å²) >= 11 is 1.59. The molecule has 2 N–H and O–H groups in total. The van der Waals surface area contributed by atoms with Crippen LogP contribution in [0.4, 0.5) is 5.00 Å². The summed E-state index contributed by atoms with van der Waals surface area (Å²) in [5.41, 5.74) is 4.86. The zero-order valence-corrected chi connectivity index (χ0v) is 17.4. The molecule has 1 unspecified atom stereocenters. The molecule has 28 heavy (non-hydrogen) atoms. The number of fused-ring (bicyclic) bond motifs is 1. The Balaban J connectivity index is 1.68. The number of carbonyl (C=O) groups excluding carboxylic acids is 1. The lowest BCUT2D eigenvalue weighted by atomic mass is 9.93. The standard InChI is InChI=1S/C19H29N5O3S/c1-13-15(10-22-12-20-11-21-22)28-18-16(13)17(25)24(14-6-4-3-5-7-14)19(26)23(18)8-9-27-2/h11,14,19,26H,3-10,12H2,1-2H3,(H,20,21). The Bertz CT molecular complexity index is 738. The van der Waals surface area contributed by atoms with Crippen molar-refractivity contribution in [3.05, 3.63) is 16.0 Å². The summed E-state index contributed by atoms with van der Waals surface area (Å²) < 4.78 is 5.27. The van der Waals surface area contributed by atoms with E-state index in [1.807, 2.05) is 16.8 Å². The van der Waals surface area contributed by atoms with Gasteiger partial charge in [0, 0.05) is 24.6 Å². The van der Waals surface area contributed by atoms with Crippen molar-refractivity contribution in [2.75, 3.05) is 31.8 Å². The molecule has 9 heteroatoms. The lowest BCUT2D eigenvalue weighted by Gasteiger charge is -2.45. The first-order chi connectivity index (χ1) is 13.6. The number of nitrogens with zero attached hydrogens (tertiary/aromatic N) is 4. The number of aliphatic imine (C=N–C) groups is 1. The number of ether oxygens (including phenoxy) is 1. The second-order valence-electron chi connectivity index (χ2n) is 7.65. The van der Waals surface area contributed by atoms with Gasteiger partial charge in [0.25, 0.3) is 5.91 Å². The summed E-state index contributed by atoms with van der Waals surface area (Å²) in [5.74, 6) is -0.0336. The Kier molecular flexibility index (Phi) is 5.86. The van der Waals surface area contributed by atoms with Crippen LogP contribution in [0.2, 0.25) is 0 Å². The van der Waals surface area contributed by atoms with Crippen molar-refractivity contribution in [3.63, 3.8) is 0 Å². The molecule has 3 heterocycles. The van der Waals surface area contributed by atoms with Crippen LogP contribution in [0.3, 0.4) is 0 Å². The van der Waals surface area contributed by atoms with E-state index in [1.165, 1.54) is 6.42 Å². The van der Waals surface area contributed by atoms with Gasteiger partial charge in [-0.15, -0.1) is 11.3 Å². The van der Waals surface area contributed by atoms with Crippen LogP contribution in [0.5, 0.6) is 0 Å². The maximum Gasteiger partial charge on any atom is 0.260 e. The molecule has 1 fully saturated rings. The van der Waals surface area contributed by atoms with Crippen molar-refractivity contribution in [3.8, 4) is 0 Å². The summed E-state index contributed by atoms with van der Waals surface area (Å²) in [4.78, 5) is 22.4. The third-order valence-electron chi connectivity index (χ3n) is 5.89. The number of anilines is 1. The van der Waals surface area contributed by atoms with Crippen molar-refractivity contribution >= 4 is 28.6 Å². The van der Waals surface area contributed by atoms with Crippen LogP contribution in [-0.2, 0) is 11.3 Å². The number of thiophene rings is 1. The van der Waals surface area contributed by atoms with E-state index in [-0.39, 0.29) is 11.9 Å². The fraction of sp³-hybridized carbons (Fsp3) is 0.684. The first-order valence-corrected chi connectivity index (χ1v) is 10.8. The highest BCUT2D eigenvalue weighted by Gasteiger charge is 2.43. The van der Waals surface area contributed by atoms with Gasteiger partial charge in [-0.2, -0.15) is 5.01 Å². The summed E-state index contributed by atoms with van der Waals surface area (Å²) in [6.07, 6.45) is 6.11. The fourth-order valence-corrected chi connectivity index (χ4v) is 5.68. The molecule has 154 valence electrons. The van der Waals surface area contributed by atoms with E-state index in [0.29, 0.717) is 26.4 Å². The number of aliphatic hydroxyl groups excluding tert-OH is 1. The number of rotatable bonds is 6. The first-order valence-electron chi connectivity index (χ1n) is 9.99. The summed E-state index contributed by atoms with van der Waals surface area (Å²) in [6.45, 7) is 4.34. The van der Waals surface area contributed by atoms with E-state index in [4.69, 9.17) is 4.74 Å². The van der Waals surface area contributed by atoms with Gasteiger partial charge in [-0.05, 0) is 25.3 Å². The number of amides is 1. The summed E-state index contributed by atoms with van der Waals surface area (Å²) in [7, 11) is 1.66. The molecule has 1 atom stereocenters. The number of aliphatic hydroxyl groups is 1. The number of nitrogens with one attached hydrogen (secondary N) is 1. The Morgan fingerprint density at radius 2 is 2.14 bits per heavy atom. The van der Waals surface area contributed by atoms with E-state index >= 15 is 0 Å². The molecule has 0 radical (unpaired) electrons. The molecule has 0 aromatic carbocycles. The van der Waals surface area contributed by atoms with Gasteiger partial charge in [0.2, 0.25) is 6.35 Å². The van der Waals surface area contributed by atoms with Crippen LogP contribution in [0.25, 0.3) is 0 Å². The number of carbonyl (C=O) groups is 1. The lowest BCUT2D eigenvalue weighted by Crippen LogP contribution is -2.59. The molecule has 4 rings (SSSR count). The molecule has 3 aliphatic rings. The van der Waals surface area contributed by atoms with Gasteiger partial charge in [0.05, 0.1) is 25.1 Å². The van der Waals surface area contributed by atoms with Crippen LogP contribution in [0.15, 0.2) is 4.99 Å². The molecular weight excluding hydrogens is 378 g/mol. The predicted molar refractivity (Wildman–Crippen MR) is 109 cm³/mol. The Morgan fingerprint density at radius 3 is 2.82 bits per heavy atom. The zero-order chi connectivity index (χ0) is 19.7. The van der Waals surface area contributed by atoms with Crippen LogP contribution >= 0.6 is 11.3 Å². The highest BCUT2D eigenvalue weighted by atomic mass is 32.1. The minimum atomic E-state index is -0.933. The van der Waals surface area contributed by atoms with Gasteiger partial charge in [-0.3, -0.25) is 14.7 Å². The highest BCUT2D eigenvalue weighted by Crippen LogP contribution is 2.43. The predicted octanol–water partition coefficient (Wildman–Crippen LogP) is 1.88. The smallest absolute Gasteiger partial charge is 0.260 e. The Hall–Kier alpha value is -1.68. The van der Waals surface area contributed by atoms with Crippen LogP contribution < -0.4 is 10.3 Å². The van der Waals surface area contributed by atoms with Crippen LogP contribution in [0.1, 0.15) is 52.9 Å². The van der Waals surface area contributed by atoms with E-state index in [0.717, 1.165) is 46.7 Å². The van der Waals surface area contributed by atoms with Crippen LogP contribution in [0, 0.1) is 6.92 Å². The quantitative estimate of drug-likeness (QED) is 0.750. The fourth-order valence-electron chi connectivity index (χ4n) is 4.33. The minimum absolute atomic E-state index is 0.0336. The normalized spacial score (nSPS) is 23.4. The third kappa shape index (κ3) is 3.52. The number of methoxy groups -OCH3 is 1. The van der Waals surface area contributed by atoms with E-state index in [1.54, 1.807) is 29.7 Å². The lowest BCUT2D eigenvalue weighted by molar-refractivity contribution is -0.0264. The second-order valence-corrected chi connectivity index (χ2v) is 8.73. The molecule has 0 spiro atoms. The topological polar surface area (TPSA) is 80.6 Å². The van der Waals surface area contributed by atoms with Gasteiger partial charge in [0.15, 0.2) is 0 Å². The average molecular weight is 408 g/mol. The molecule has 1 saturated carbocycles. The summed E-state index contributed by atoms with van der Waals surface area (Å²) in [5, 5.41) is 14.0. The second kappa shape index (κ2) is 8.36. The molecule has 1 amide bonds. The molecule has 8 nitrogen and oxygen atoms in total. The number of hydrazine groups is 1. The maximum atomic E-state index is 13.5. The Morgan fingerprint density at radius 1 is 1.36 bits per heavy atom. The zero-order valence-electron chi connectivity index (χ0n) is 16.6. The van der Waals surface area contributed by atoms with E-state index < -0.39 is 6.35 Å². The van der Waals surface area contributed by atoms with Crippen molar-refractivity contribution < 1.29 is 14.6 Å². The molecular formula is C19H29N5O3S. The SMILES string of the molecule is COCCN1c2sc(CN3CN=CN3)c(C)c2C(=O)N(C2CCCCC2)C1O. The molecule has 2 aliphatic heterocycles. The van der Waals surface area contributed by atoms with Crippen molar-refractivity contribution in [2.24, 2.45) is 4.99 Å². The van der Waals surface area contributed by atoms with Gasteiger partial charge in [-0.1, -0.05) is 19.3 Å². The number of hydrogen-bond acceptors (Lipinski definition) is 8. The van der Waals surface area contributed by atoms with Gasteiger partial charge >= 0.3 is 0 Å². The Labute approximate surface area is 169 Å². The third-order valence-corrected chi connectivity index (χ3v) is 7.20. The van der Waals surface area contributed by atoms with E-state index in [9.17, 15) is 9.90 Å². The first kappa shape index (κ1) is 19.6. The monoisotopic (exact) mass is 407 g/mol. The van der Waals surface area contributed by atoms with Crippen molar-refractivity contribution in [1.29, 1.82) is 0 Å². The molecule has 1 aromatic heterocycles. The maximum absolute atomic E-state index is 13.5. The molecule has 1 aromatic rings. The molecule has 0 saturated heterocycles. The highest BCUT2D eigenvalue weighted by molar-refractivity contribution is 7.16.